The van der Waals surface area contributed by atoms with Crippen LogP contribution in [-0.2, 0) is 9.53 Å². The lowest BCUT2D eigenvalue weighted by Crippen LogP contribution is -1.89. The number of ether oxygens (including phenoxy) is 1. The van der Waals surface area contributed by atoms with Crippen molar-refractivity contribution in [2.45, 2.75) is 116 Å². The van der Waals surface area contributed by atoms with Gasteiger partial charge in [0, 0.05) is 38.7 Å². The summed E-state index contributed by atoms with van der Waals surface area (Å²) in [5.41, 5.74) is 11.3. The number of carboxylic acid groups (broad SMARTS) is 1. The molecule has 0 bridgehead atoms. The summed E-state index contributed by atoms with van der Waals surface area (Å²) in [6.07, 6.45) is 7.51. The minimum Gasteiger partial charge on any atom is -0.481 e. The van der Waals surface area contributed by atoms with Crippen molar-refractivity contribution in [3.05, 3.63) is 47.8 Å². The number of carbonyl (C=O) groups is 1. The zero-order valence-electron chi connectivity index (χ0n) is 33.1. The molecule has 0 unspecified atom stereocenters. The number of hydrogen-bond donors (Lipinski definition) is 6. The molecule has 1 fully saturated rings. The zero-order chi connectivity index (χ0) is 39.4. The van der Waals surface area contributed by atoms with E-state index in [0.717, 1.165) is 25.6 Å². The van der Waals surface area contributed by atoms with Gasteiger partial charge in [-0.2, -0.15) is 0 Å². The topological polar surface area (TPSA) is 217 Å². The minimum absolute atomic E-state index is 0.250. The summed E-state index contributed by atoms with van der Waals surface area (Å²) in [7, 11) is 0. The lowest BCUT2D eigenvalue weighted by atomic mass is 10.4. The second-order valence-electron chi connectivity index (χ2n) is 6.05. The first-order chi connectivity index (χ1) is 23.4. The number of rotatable bonds is 5. The number of pyridine rings is 2. The molecule has 0 spiro atoms. The Balaban J connectivity index is -0.0000000670. The van der Waals surface area contributed by atoms with E-state index in [4.69, 9.17) is 33.6 Å². The van der Waals surface area contributed by atoms with E-state index < -0.39 is 5.97 Å². The van der Waals surface area contributed by atoms with Crippen molar-refractivity contribution in [2.75, 3.05) is 19.8 Å². The Morgan fingerprint density at radius 3 is 1.28 bits per heavy atom. The number of hydrogen-bond acceptors (Lipinski definition) is 10. The molecule has 8 N–H and O–H groups in total. The third-order valence-corrected chi connectivity index (χ3v) is 3.34. The highest BCUT2D eigenvalue weighted by molar-refractivity contribution is 5.75. The fourth-order valence-electron chi connectivity index (χ4n) is 1.85. The molecule has 0 amide bonds. The van der Waals surface area contributed by atoms with Crippen LogP contribution in [0, 0.1) is 10.8 Å². The number of nitrogens with one attached hydrogen (secondary N) is 2. The molecular weight excluding hydrogens is 596 g/mol. The zero-order valence-corrected chi connectivity index (χ0v) is 32.1. The van der Waals surface area contributed by atoms with E-state index in [2.05, 4.69) is 25.1 Å². The second kappa shape index (κ2) is 68.9. The first-order valence-electron chi connectivity index (χ1n) is 17.1. The molecule has 0 radical (unpaired) electrons. The summed E-state index contributed by atoms with van der Waals surface area (Å²) in [6, 6.07) is 10.4. The van der Waals surface area contributed by atoms with Crippen molar-refractivity contribution in [2.24, 2.45) is 21.5 Å². The van der Waals surface area contributed by atoms with Gasteiger partial charge in [-0.1, -0.05) is 102 Å². The van der Waals surface area contributed by atoms with Crippen molar-refractivity contribution in [3.8, 4) is 0 Å². The fraction of sp³-hybridized carbons (Fsp3) is 0.571. The smallest absolute Gasteiger partial charge is 0.303 e. The van der Waals surface area contributed by atoms with Gasteiger partial charge in [-0.15, -0.1) is 0 Å². The summed E-state index contributed by atoms with van der Waals surface area (Å²) >= 11 is 0. The van der Waals surface area contributed by atoms with Crippen LogP contribution in [0.1, 0.15) is 128 Å². The Bertz CT molecular complexity index is 843. The Morgan fingerprint density at radius 2 is 1.11 bits per heavy atom. The van der Waals surface area contributed by atoms with E-state index in [9.17, 15) is 4.79 Å². The average Bonchev–Trinajstić information content (AvgIpc) is 3.78. The van der Waals surface area contributed by atoms with Crippen LogP contribution in [0.2, 0.25) is 0 Å². The SMILES string of the molecule is C1CCOC1.CC.CC.CC.CC.CC.CC.CCO.N=Cc1cccc(N=CN)n1.N=Cc1cccc(N=CN)n1.[2H]OC(=O)CC. The molecule has 1 saturated heterocycles. The van der Waals surface area contributed by atoms with Crippen LogP contribution in [0.3, 0.4) is 0 Å². The first-order valence-corrected chi connectivity index (χ1v) is 16.7. The van der Waals surface area contributed by atoms with Gasteiger partial charge in [-0.25, -0.2) is 20.0 Å². The number of aliphatic carboxylic acids is 1. The number of aliphatic hydroxyl groups excluding tert-OH is 1. The van der Waals surface area contributed by atoms with Crippen LogP contribution in [0.25, 0.3) is 1.43 Å². The molecule has 276 valence electrons. The van der Waals surface area contributed by atoms with Crippen molar-refractivity contribution >= 4 is 42.7 Å². The molecule has 0 aromatic carbocycles. The largest absolute Gasteiger partial charge is 0.481 e. The maximum absolute atomic E-state index is 9.77. The van der Waals surface area contributed by atoms with Gasteiger partial charge in [-0.3, -0.25) is 4.79 Å². The molecule has 3 rings (SSSR count). The van der Waals surface area contributed by atoms with Gasteiger partial charge >= 0.3 is 5.97 Å². The third kappa shape index (κ3) is 61.7. The Labute approximate surface area is 289 Å². The van der Waals surface area contributed by atoms with Gasteiger partial charge in [0.1, 0.15) is 0 Å². The maximum atomic E-state index is 9.77. The molecular formula is C35H72N8O4. The lowest BCUT2D eigenvalue weighted by molar-refractivity contribution is -0.136. The maximum Gasteiger partial charge on any atom is 0.303 e. The van der Waals surface area contributed by atoms with Gasteiger partial charge in [0.25, 0.3) is 1.43 Å². The first kappa shape index (κ1) is 58.5. The van der Waals surface area contributed by atoms with Gasteiger partial charge in [0.2, 0.25) is 0 Å². The van der Waals surface area contributed by atoms with Crippen molar-refractivity contribution in [1.29, 1.82) is 12.2 Å². The highest BCUT2D eigenvalue weighted by Crippen LogP contribution is 2.06. The van der Waals surface area contributed by atoms with Gasteiger partial charge in [-0.05, 0) is 44.0 Å². The van der Waals surface area contributed by atoms with E-state index in [-0.39, 0.29) is 13.0 Å². The van der Waals surface area contributed by atoms with Gasteiger partial charge < -0.3 is 37.2 Å². The minimum atomic E-state index is -0.491. The molecule has 0 saturated carbocycles. The normalized spacial score (nSPS) is 9.47. The van der Waals surface area contributed by atoms with Gasteiger partial charge in [0.15, 0.2) is 11.6 Å². The number of nitrogens with two attached hydrogens (primary N) is 2. The molecule has 0 aliphatic carbocycles. The van der Waals surface area contributed by atoms with Crippen LogP contribution in [0.4, 0.5) is 11.6 Å². The van der Waals surface area contributed by atoms with E-state index in [1.165, 1.54) is 25.5 Å². The van der Waals surface area contributed by atoms with Gasteiger partial charge in [0.05, 0.1) is 24.1 Å². The molecule has 1 aliphatic rings. The second-order valence-corrected chi connectivity index (χ2v) is 6.05. The van der Waals surface area contributed by atoms with E-state index in [1.54, 1.807) is 50.2 Å². The average molecular weight is 670 g/mol. The van der Waals surface area contributed by atoms with E-state index in [0.29, 0.717) is 23.0 Å². The number of aliphatic hydroxyl groups is 1. The molecule has 0 atom stereocenters. The van der Waals surface area contributed by atoms with Crippen molar-refractivity contribution in [1.82, 2.24) is 9.97 Å². The fourth-order valence-corrected chi connectivity index (χ4v) is 1.85. The molecule has 1 aliphatic heterocycles. The highest BCUT2D eigenvalue weighted by Gasteiger charge is 1.95. The Morgan fingerprint density at radius 1 is 0.787 bits per heavy atom. The number of aliphatic imine (C=N–C) groups is 2. The van der Waals surface area contributed by atoms with Crippen LogP contribution in [-0.4, -0.2) is 71.1 Å². The summed E-state index contributed by atoms with van der Waals surface area (Å²) < 4.78 is 10.9. The van der Waals surface area contributed by atoms with Crippen LogP contribution in [0.5, 0.6) is 0 Å². The number of carboxylic acids is 1. The van der Waals surface area contributed by atoms with Crippen molar-refractivity contribution < 1.29 is 19.7 Å². The lowest BCUT2D eigenvalue weighted by Gasteiger charge is -1.92. The molecule has 2 aromatic rings. The predicted molar refractivity (Wildman–Crippen MR) is 208 cm³/mol. The van der Waals surface area contributed by atoms with Crippen LogP contribution in [0.15, 0.2) is 46.4 Å². The summed E-state index contributed by atoms with van der Waals surface area (Å²) in [5, 5.41) is 24.9. The predicted octanol–water partition coefficient (Wildman–Crippen LogP) is 8.83. The molecule has 12 nitrogen and oxygen atoms in total. The molecule has 3 heterocycles. The third-order valence-electron chi connectivity index (χ3n) is 3.34. The monoisotopic (exact) mass is 670 g/mol. The Kier molecular flexibility index (Phi) is 85.8. The molecule has 12 heteroatoms. The standard InChI is InChI=1S/2C7H8N4.C4H8O.C3H6O2.C2H6O.6C2H6/c2*8-4-6-2-1-3-7(11-6)10-5-9;1-2-4-5-3-1;1-2-3(4)5;1-2-3;6*1-2/h2*1-5,8H,(H2,9,10,11);1-4H2;2H2,1H3,(H,4,5);3H,2H2,1H3;6*1-2H3/i/hD. The Hall–Kier alpha value is -4.03. The summed E-state index contributed by atoms with van der Waals surface area (Å²) in [4.78, 5) is 25.2. The summed E-state index contributed by atoms with van der Waals surface area (Å²) in [5.74, 6) is 0.553. The van der Waals surface area contributed by atoms with Crippen molar-refractivity contribution in [3.63, 3.8) is 0 Å². The van der Waals surface area contributed by atoms with Crippen LogP contribution < -0.4 is 11.5 Å². The molecule has 47 heavy (non-hydrogen) atoms. The quantitative estimate of drug-likeness (QED) is 0.133. The number of aromatic nitrogens is 2. The van der Waals surface area contributed by atoms with E-state index >= 15 is 0 Å². The van der Waals surface area contributed by atoms with Crippen LogP contribution >= 0.6 is 0 Å². The highest BCUT2D eigenvalue weighted by atomic mass is 16.5. The summed E-state index contributed by atoms with van der Waals surface area (Å²) in [6.45, 7) is 29.6. The van der Waals surface area contributed by atoms with E-state index in [1.807, 2.05) is 83.1 Å². The molecule has 2 aromatic heterocycles. The number of nitrogens with zero attached hydrogens (tertiary/aromatic N) is 4.